The van der Waals surface area contributed by atoms with E-state index in [1.807, 2.05) is 0 Å². The molecule has 1 radical (unpaired) electrons. The van der Waals surface area contributed by atoms with Gasteiger partial charge >= 0.3 is 0 Å². The molecule has 1 saturated heterocycles. The van der Waals surface area contributed by atoms with Gasteiger partial charge in [-0.05, 0) is 40.8 Å². The summed E-state index contributed by atoms with van der Waals surface area (Å²) in [6, 6.07) is 0. The first-order chi connectivity index (χ1) is 20.1. The summed E-state index contributed by atoms with van der Waals surface area (Å²) in [6.45, 7) is 5.41. The van der Waals surface area contributed by atoms with Gasteiger partial charge in [-0.25, -0.2) is 65.9 Å². The number of benzene rings is 3. The molecule has 0 saturated carbocycles. The van der Waals surface area contributed by atoms with Crippen molar-refractivity contribution in [2.75, 3.05) is 0 Å². The van der Waals surface area contributed by atoms with Gasteiger partial charge in [0.15, 0.2) is 52.4 Å². The normalized spacial score (nSPS) is 15.8. The molecule has 2 N–H and O–H groups in total. The lowest BCUT2D eigenvalue weighted by Crippen LogP contribution is -3.04. The Hall–Kier alpha value is -3.37. The lowest BCUT2D eigenvalue weighted by atomic mass is 9.36. The van der Waals surface area contributed by atoms with Crippen LogP contribution >= 0.6 is 0 Å². The highest BCUT2D eigenvalue weighted by Gasteiger charge is 2.37. The van der Waals surface area contributed by atoms with E-state index in [9.17, 15) is 65.9 Å². The van der Waals surface area contributed by atoms with Crippen LogP contribution in [0.5, 0.6) is 0 Å². The summed E-state index contributed by atoms with van der Waals surface area (Å²) < 4.78 is 209. The Bertz CT molecular complexity index is 1370. The number of hydrogen-bond acceptors (Lipinski definition) is 0. The van der Waals surface area contributed by atoms with Crippen LogP contribution in [0, 0.1) is 87.3 Å². The number of piperidine rings is 1. The summed E-state index contributed by atoms with van der Waals surface area (Å²) >= 11 is 0. The molecule has 4 rings (SSSR count). The zero-order valence-corrected chi connectivity index (χ0v) is 22.9. The van der Waals surface area contributed by atoms with E-state index >= 15 is 0 Å². The van der Waals surface area contributed by atoms with Crippen molar-refractivity contribution in [3.8, 4) is 0 Å². The summed E-state index contributed by atoms with van der Waals surface area (Å²) in [4.78, 5) is 0. The van der Waals surface area contributed by atoms with Gasteiger partial charge in [0.25, 0.3) is 0 Å². The van der Waals surface area contributed by atoms with Crippen LogP contribution in [0.4, 0.5) is 65.9 Å². The number of nitrogens with two attached hydrogens (primary N) is 1. The highest BCUT2D eigenvalue weighted by molar-refractivity contribution is 6.95. The average Bonchev–Trinajstić information content (AvgIpc) is 2.94. The molecule has 1 aliphatic rings. The molecule has 0 amide bonds. The zero-order valence-electron chi connectivity index (χ0n) is 22.9. The van der Waals surface area contributed by atoms with Crippen molar-refractivity contribution in [3.05, 3.63) is 87.3 Å². The van der Waals surface area contributed by atoms with Crippen molar-refractivity contribution < 1.29 is 71.2 Å². The molecule has 0 spiro atoms. The van der Waals surface area contributed by atoms with Crippen LogP contribution in [0.3, 0.4) is 0 Å². The summed E-state index contributed by atoms with van der Waals surface area (Å²) in [5, 5.41) is 2.52. The third-order valence-electron chi connectivity index (χ3n) is 7.02. The predicted octanol–water partition coefficient (Wildman–Crippen LogP) is 5.58. The van der Waals surface area contributed by atoms with Crippen LogP contribution in [-0.4, -0.2) is 17.8 Å². The van der Waals surface area contributed by atoms with Crippen LogP contribution in [0.1, 0.15) is 47.0 Å². The highest BCUT2D eigenvalue weighted by Crippen LogP contribution is 2.24. The molecule has 3 aromatic carbocycles. The van der Waals surface area contributed by atoms with E-state index in [-0.39, 0.29) is 0 Å². The van der Waals surface area contributed by atoms with Gasteiger partial charge in [0.2, 0.25) is 0 Å². The number of hydrogen-bond donors (Lipinski definition) is 1. The molecule has 0 unspecified atom stereocenters. The third kappa shape index (κ3) is 6.11. The van der Waals surface area contributed by atoms with E-state index in [0.717, 1.165) is 0 Å². The first kappa shape index (κ1) is 35.1. The fraction of sp³-hybridized carbons (Fsp3) is 0.333. The van der Waals surface area contributed by atoms with Crippen LogP contribution in [0.2, 0.25) is 0 Å². The minimum absolute atomic E-state index is 0.488. The maximum atomic E-state index is 14.4. The molecule has 0 aliphatic carbocycles. The van der Waals surface area contributed by atoms with Crippen molar-refractivity contribution in [1.29, 1.82) is 0 Å². The zero-order chi connectivity index (χ0) is 33.8. The Kier molecular flexibility index (Phi) is 9.74. The van der Waals surface area contributed by atoms with Gasteiger partial charge < -0.3 is 5.32 Å². The Morgan fingerprint density at radius 3 is 0.705 bits per heavy atom. The van der Waals surface area contributed by atoms with Gasteiger partial charge in [-0.1, -0.05) is 0 Å². The Morgan fingerprint density at radius 2 is 0.545 bits per heavy atom. The standard InChI is InChI=1S/C18BF15.C9H19N/c20-4-1(5(21)11(27)16(32)10(4)26)19(2-6(22)12(28)17(33)13(29)7(2)23)3-8(24)14(30)18(34)15(31)9(3)25;1-8(2)6-5-7-9(3,4)10-8/h;10H,5-7H2,1-4H3/q-1;/p+1. The van der Waals surface area contributed by atoms with Gasteiger partial charge in [-0.2, -0.15) is 16.4 Å². The second kappa shape index (κ2) is 12.2. The lowest BCUT2D eigenvalue weighted by molar-refractivity contribution is -0.787. The van der Waals surface area contributed by atoms with Crippen LogP contribution in [0.15, 0.2) is 0 Å². The Morgan fingerprint density at radius 1 is 0.364 bits per heavy atom. The van der Waals surface area contributed by atoms with E-state index in [0.29, 0.717) is 11.1 Å². The first-order valence-corrected chi connectivity index (χ1v) is 12.5. The lowest BCUT2D eigenvalue weighted by Gasteiger charge is -2.38. The SMILES string of the molecule is CC1(C)CCCC(C)(C)[NH2+]1.Fc1c(F)c(F)c([B-](c2c(F)c(F)c(F)c(F)c2F)c2c(F)c(F)c(F)c(F)c2F)c(F)c1F. The second-order valence-corrected chi connectivity index (χ2v) is 11.4. The fourth-order valence-electron chi connectivity index (χ4n) is 5.26. The van der Waals surface area contributed by atoms with E-state index in [1.165, 1.54) is 19.3 Å². The van der Waals surface area contributed by atoms with E-state index in [4.69, 9.17) is 0 Å². The van der Waals surface area contributed by atoms with Crippen molar-refractivity contribution in [2.45, 2.75) is 58.0 Å². The summed E-state index contributed by atoms with van der Waals surface area (Å²) in [6.07, 6.45) is 4.14. The molecular formula is C27H20BF15N. The van der Waals surface area contributed by atoms with Crippen molar-refractivity contribution in [3.63, 3.8) is 0 Å². The molecule has 1 fully saturated rings. The van der Waals surface area contributed by atoms with Crippen LogP contribution in [0.25, 0.3) is 0 Å². The van der Waals surface area contributed by atoms with Crippen LogP contribution < -0.4 is 21.7 Å². The van der Waals surface area contributed by atoms with E-state index in [2.05, 4.69) is 33.0 Å². The van der Waals surface area contributed by atoms with Crippen molar-refractivity contribution in [1.82, 2.24) is 0 Å². The predicted molar refractivity (Wildman–Crippen MR) is 127 cm³/mol. The minimum atomic E-state index is -3.96. The molecule has 0 bridgehead atoms. The fourth-order valence-corrected chi connectivity index (χ4v) is 5.26. The van der Waals surface area contributed by atoms with Crippen molar-refractivity contribution in [2.24, 2.45) is 0 Å². The monoisotopic (exact) mass is 654 g/mol. The molecule has 44 heavy (non-hydrogen) atoms. The molecular weight excluding hydrogens is 634 g/mol. The summed E-state index contributed by atoms with van der Waals surface area (Å²) in [7, 11) is 0. The molecule has 241 valence electrons. The Balaban J connectivity index is 0.000000448. The van der Waals surface area contributed by atoms with Gasteiger partial charge in [-0.3, -0.25) is 0 Å². The molecule has 1 heterocycles. The third-order valence-corrected chi connectivity index (χ3v) is 7.02. The van der Waals surface area contributed by atoms with E-state index < -0.39 is 110 Å². The van der Waals surface area contributed by atoms with Gasteiger partial charge in [-0.15, -0.1) is 0 Å². The smallest absolute Gasteiger partial charge is 0.200 e. The van der Waals surface area contributed by atoms with E-state index in [1.54, 1.807) is 0 Å². The highest BCUT2D eigenvalue weighted by atomic mass is 19.2. The van der Waals surface area contributed by atoms with Gasteiger partial charge in [0.05, 0.1) is 11.1 Å². The first-order valence-electron chi connectivity index (χ1n) is 12.5. The maximum absolute atomic E-state index is 14.4. The molecule has 0 aromatic heterocycles. The maximum Gasteiger partial charge on any atom is 0.200 e. The second-order valence-electron chi connectivity index (χ2n) is 11.4. The number of halogens is 15. The quantitative estimate of drug-likeness (QED) is 0.165. The molecule has 17 heteroatoms. The average molecular weight is 654 g/mol. The number of rotatable bonds is 3. The largest absolute Gasteiger partial charge is 0.337 e. The molecule has 1 aliphatic heterocycles. The molecule has 0 atom stereocenters. The topological polar surface area (TPSA) is 16.6 Å². The van der Waals surface area contributed by atoms with Gasteiger partial charge in [0.1, 0.15) is 34.9 Å². The van der Waals surface area contributed by atoms with Crippen LogP contribution in [-0.2, 0) is 0 Å². The molecule has 1 nitrogen and oxygen atoms in total. The molecule has 3 aromatic rings. The summed E-state index contributed by atoms with van der Waals surface area (Å²) in [5.41, 5.74) is -7.06. The Labute approximate surface area is 240 Å². The summed E-state index contributed by atoms with van der Waals surface area (Å²) in [5.74, 6) is -45.2. The van der Waals surface area contributed by atoms with Gasteiger partial charge in [0, 0.05) is 12.8 Å². The minimum Gasteiger partial charge on any atom is -0.337 e. The van der Waals surface area contributed by atoms with Crippen molar-refractivity contribution >= 4 is 23.1 Å². The number of quaternary nitrogens is 1.